The monoisotopic (exact) mass is 309 g/mol. The van der Waals surface area contributed by atoms with Gasteiger partial charge < -0.3 is 10.6 Å². The Kier molecular flexibility index (Phi) is 5.09. The van der Waals surface area contributed by atoms with Gasteiger partial charge in [-0.3, -0.25) is 9.59 Å². The van der Waals surface area contributed by atoms with E-state index in [9.17, 15) is 22.8 Å². The predicted molar refractivity (Wildman–Crippen MR) is 68.3 cm³/mol. The van der Waals surface area contributed by atoms with Gasteiger partial charge in [-0.25, -0.2) is 4.98 Å². The largest absolute Gasteiger partial charge is 0.471 e. The molecular formula is C11H14F3N3O2S. The minimum Gasteiger partial charge on any atom is -0.336 e. The molecule has 0 radical (unpaired) electrons. The Morgan fingerprint density at radius 3 is 2.35 bits per heavy atom. The van der Waals surface area contributed by atoms with Crippen LogP contribution >= 0.6 is 11.3 Å². The highest BCUT2D eigenvalue weighted by Crippen LogP contribution is 2.18. The van der Waals surface area contributed by atoms with Gasteiger partial charge in [0.2, 0.25) is 5.91 Å². The minimum absolute atomic E-state index is 0.277. The number of alkyl halides is 3. The molecule has 0 fully saturated rings. The van der Waals surface area contributed by atoms with Crippen molar-refractivity contribution in [3.63, 3.8) is 0 Å². The lowest BCUT2D eigenvalue weighted by Crippen LogP contribution is -2.51. The molecule has 2 amide bonds. The van der Waals surface area contributed by atoms with E-state index in [4.69, 9.17) is 0 Å². The SMILES string of the molecule is Cc1csc(NC(=O)C(NC(=O)C(F)(F)F)C(C)C)n1. The number of halogens is 3. The van der Waals surface area contributed by atoms with Crippen molar-refractivity contribution in [1.29, 1.82) is 0 Å². The number of rotatable bonds is 4. The van der Waals surface area contributed by atoms with E-state index in [0.717, 1.165) is 11.3 Å². The number of nitrogens with one attached hydrogen (secondary N) is 2. The number of thiazole rings is 1. The van der Waals surface area contributed by atoms with Crippen molar-refractivity contribution in [3.05, 3.63) is 11.1 Å². The summed E-state index contributed by atoms with van der Waals surface area (Å²) in [4.78, 5) is 26.8. The van der Waals surface area contributed by atoms with Crippen LogP contribution in [-0.4, -0.2) is 29.0 Å². The molecule has 1 unspecified atom stereocenters. The van der Waals surface area contributed by atoms with Gasteiger partial charge in [-0.15, -0.1) is 11.3 Å². The van der Waals surface area contributed by atoms with E-state index in [2.05, 4.69) is 10.3 Å². The molecule has 2 N–H and O–H groups in total. The summed E-state index contributed by atoms with van der Waals surface area (Å²) in [5, 5.41) is 6.04. The van der Waals surface area contributed by atoms with E-state index in [1.807, 2.05) is 0 Å². The normalized spacial score (nSPS) is 13.2. The molecule has 1 atom stereocenters. The Labute approximate surface area is 117 Å². The maximum absolute atomic E-state index is 12.2. The van der Waals surface area contributed by atoms with Gasteiger partial charge in [0.15, 0.2) is 5.13 Å². The average molecular weight is 309 g/mol. The van der Waals surface area contributed by atoms with Crippen LogP contribution in [0.15, 0.2) is 5.38 Å². The fourth-order valence-electron chi connectivity index (χ4n) is 1.35. The predicted octanol–water partition coefficient (Wildman–Crippen LogP) is 2.09. The van der Waals surface area contributed by atoms with Gasteiger partial charge >= 0.3 is 12.1 Å². The van der Waals surface area contributed by atoms with Gasteiger partial charge in [0, 0.05) is 5.38 Å². The van der Waals surface area contributed by atoms with E-state index in [-0.39, 0.29) is 5.13 Å². The topological polar surface area (TPSA) is 71.1 Å². The second kappa shape index (κ2) is 6.21. The van der Waals surface area contributed by atoms with Crippen LogP contribution in [0.5, 0.6) is 0 Å². The summed E-state index contributed by atoms with van der Waals surface area (Å²) in [5.74, 6) is -3.36. The number of hydrogen-bond acceptors (Lipinski definition) is 4. The molecule has 1 heterocycles. The molecule has 9 heteroatoms. The second-order valence-corrected chi connectivity index (χ2v) is 5.33. The van der Waals surface area contributed by atoms with Crippen molar-refractivity contribution < 1.29 is 22.8 Å². The van der Waals surface area contributed by atoms with Crippen LogP contribution < -0.4 is 10.6 Å². The molecular weight excluding hydrogens is 295 g/mol. The third kappa shape index (κ3) is 4.48. The van der Waals surface area contributed by atoms with Crippen LogP contribution in [0.3, 0.4) is 0 Å². The van der Waals surface area contributed by atoms with Gasteiger partial charge in [-0.05, 0) is 12.8 Å². The molecule has 5 nitrogen and oxygen atoms in total. The lowest BCUT2D eigenvalue weighted by molar-refractivity contribution is -0.175. The fourth-order valence-corrected chi connectivity index (χ4v) is 2.04. The van der Waals surface area contributed by atoms with Crippen molar-refractivity contribution in [3.8, 4) is 0 Å². The van der Waals surface area contributed by atoms with Crippen molar-refractivity contribution in [2.45, 2.75) is 33.0 Å². The standard InChI is InChI=1S/C11H14F3N3O2S/c1-5(2)7(16-9(19)11(12,13)14)8(18)17-10-15-6(3)4-20-10/h4-5,7H,1-3H3,(H,16,19)(H,15,17,18). The Bertz CT molecular complexity index is 499. The van der Waals surface area contributed by atoms with Gasteiger partial charge in [0.05, 0.1) is 5.69 Å². The first-order chi connectivity index (χ1) is 9.11. The third-order valence-electron chi connectivity index (χ3n) is 2.34. The summed E-state index contributed by atoms with van der Waals surface area (Å²) < 4.78 is 36.6. The second-order valence-electron chi connectivity index (χ2n) is 4.48. The molecule has 0 aliphatic heterocycles. The van der Waals surface area contributed by atoms with Crippen LogP contribution in [0, 0.1) is 12.8 Å². The summed E-state index contributed by atoms with van der Waals surface area (Å²) in [6.45, 7) is 4.79. The highest BCUT2D eigenvalue weighted by molar-refractivity contribution is 7.13. The summed E-state index contributed by atoms with van der Waals surface area (Å²) in [5.41, 5.74) is 0.686. The number of nitrogens with zero attached hydrogens (tertiary/aromatic N) is 1. The average Bonchev–Trinajstić information content (AvgIpc) is 2.69. The Morgan fingerprint density at radius 2 is 1.95 bits per heavy atom. The number of anilines is 1. The third-order valence-corrected chi connectivity index (χ3v) is 3.22. The number of amides is 2. The lowest BCUT2D eigenvalue weighted by atomic mass is 10.0. The van der Waals surface area contributed by atoms with Gasteiger partial charge in [-0.2, -0.15) is 13.2 Å². The van der Waals surface area contributed by atoms with E-state index in [1.54, 1.807) is 17.6 Å². The number of carbonyl (C=O) groups is 2. The van der Waals surface area contributed by atoms with Crippen LogP contribution in [0.1, 0.15) is 19.5 Å². The number of aromatic nitrogens is 1. The first-order valence-electron chi connectivity index (χ1n) is 5.72. The van der Waals surface area contributed by atoms with Crippen molar-refractivity contribution in [2.75, 3.05) is 5.32 Å². The van der Waals surface area contributed by atoms with Crippen molar-refractivity contribution in [2.24, 2.45) is 5.92 Å². The van der Waals surface area contributed by atoms with Crippen LogP contribution in [0.4, 0.5) is 18.3 Å². The molecule has 1 rings (SSSR count). The molecule has 0 aromatic carbocycles. The zero-order valence-corrected chi connectivity index (χ0v) is 11.9. The Morgan fingerprint density at radius 1 is 1.35 bits per heavy atom. The molecule has 0 aliphatic rings. The maximum atomic E-state index is 12.2. The number of carbonyl (C=O) groups excluding carboxylic acids is 2. The summed E-state index contributed by atoms with van der Waals surface area (Å²) in [6, 6.07) is -1.28. The molecule has 0 saturated carbocycles. The molecule has 0 spiro atoms. The molecule has 20 heavy (non-hydrogen) atoms. The van der Waals surface area contributed by atoms with Gasteiger partial charge in [0.25, 0.3) is 0 Å². The quantitative estimate of drug-likeness (QED) is 0.894. The highest BCUT2D eigenvalue weighted by Gasteiger charge is 2.41. The van der Waals surface area contributed by atoms with E-state index < -0.39 is 30.0 Å². The molecule has 0 saturated heterocycles. The molecule has 1 aromatic rings. The fraction of sp³-hybridized carbons (Fsp3) is 0.545. The van der Waals surface area contributed by atoms with E-state index >= 15 is 0 Å². The summed E-state index contributed by atoms with van der Waals surface area (Å²) >= 11 is 1.15. The first-order valence-corrected chi connectivity index (χ1v) is 6.60. The molecule has 0 bridgehead atoms. The minimum atomic E-state index is -5.02. The zero-order valence-electron chi connectivity index (χ0n) is 11.0. The summed E-state index contributed by atoms with van der Waals surface area (Å²) in [6.07, 6.45) is -5.02. The smallest absolute Gasteiger partial charge is 0.336 e. The van der Waals surface area contributed by atoms with Crippen LogP contribution in [0.25, 0.3) is 0 Å². The summed E-state index contributed by atoms with van der Waals surface area (Å²) in [7, 11) is 0. The Hall–Kier alpha value is -1.64. The van der Waals surface area contributed by atoms with Gasteiger partial charge in [0.1, 0.15) is 6.04 Å². The number of hydrogen-bond donors (Lipinski definition) is 2. The van der Waals surface area contributed by atoms with Crippen LogP contribution in [0.2, 0.25) is 0 Å². The molecule has 0 aliphatic carbocycles. The Balaban J connectivity index is 2.75. The highest BCUT2D eigenvalue weighted by atomic mass is 32.1. The first kappa shape index (κ1) is 16.4. The van der Waals surface area contributed by atoms with Gasteiger partial charge in [-0.1, -0.05) is 13.8 Å². The maximum Gasteiger partial charge on any atom is 0.471 e. The van der Waals surface area contributed by atoms with E-state index in [0.29, 0.717) is 5.69 Å². The molecule has 1 aromatic heterocycles. The molecule has 112 valence electrons. The van der Waals surface area contributed by atoms with E-state index in [1.165, 1.54) is 13.8 Å². The number of aryl methyl sites for hydroxylation is 1. The lowest BCUT2D eigenvalue weighted by Gasteiger charge is -2.21. The zero-order chi connectivity index (χ0) is 15.5. The van der Waals surface area contributed by atoms with Crippen molar-refractivity contribution in [1.82, 2.24) is 10.3 Å². The van der Waals surface area contributed by atoms with Crippen molar-refractivity contribution >= 4 is 28.3 Å². The van der Waals surface area contributed by atoms with Crippen LogP contribution in [-0.2, 0) is 9.59 Å².